The monoisotopic (exact) mass is 424 g/mol. The first kappa shape index (κ1) is 21.5. The number of hydrogen-bond donors (Lipinski definition) is 3. The van der Waals surface area contributed by atoms with Gasteiger partial charge in [0.25, 0.3) is 0 Å². The van der Waals surface area contributed by atoms with Crippen LogP contribution < -0.4 is 4.74 Å². The van der Waals surface area contributed by atoms with Gasteiger partial charge in [-0.3, -0.25) is 0 Å². The van der Waals surface area contributed by atoms with Gasteiger partial charge in [-0.25, -0.2) is 0 Å². The Balaban J connectivity index is 1.82. The zero-order valence-corrected chi connectivity index (χ0v) is 17.5. The van der Waals surface area contributed by atoms with E-state index in [0.29, 0.717) is 24.2 Å². The number of aliphatic hydroxyl groups excluding tert-OH is 3. The predicted molar refractivity (Wildman–Crippen MR) is 112 cm³/mol. The molecule has 0 spiro atoms. The van der Waals surface area contributed by atoms with Crippen molar-refractivity contribution in [3.8, 4) is 5.75 Å². The number of halogens is 1. The minimum atomic E-state index is -1.00. The molecule has 3 N–H and O–H groups in total. The Morgan fingerprint density at radius 1 is 1.18 bits per heavy atom. The van der Waals surface area contributed by atoms with Gasteiger partial charge in [0, 0.05) is 5.02 Å². The third kappa shape index (κ3) is 4.85. The third-order valence-electron chi connectivity index (χ3n) is 4.87. The van der Waals surface area contributed by atoms with Crippen LogP contribution in [-0.4, -0.2) is 52.7 Å². The minimum Gasteiger partial charge on any atom is -0.494 e. The standard InChI is InChI=1S/C21H26ClO5P/c1-2-26-17-6-3-14(4-7-17)9-16-10-15(5-8-18(16)22)20-19(25)11-28-21(12-23,13-24)27-20/h3-8,10,19-20,23-25,28H,2,9,11-13H2,1H3. The van der Waals surface area contributed by atoms with E-state index in [1.807, 2.05) is 43.3 Å². The summed E-state index contributed by atoms with van der Waals surface area (Å²) < 4.78 is 11.4. The van der Waals surface area contributed by atoms with Gasteiger partial charge in [-0.2, -0.15) is 0 Å². The fourth-order valence-electron chi connectivity index (χ4n) is 3.28. The smallest absolute Gasteiger partial charge is 0.131 e. The number of hydrogen-bond acceptors (Lipinski definition) is 5. The number of benzene rings is 2. The summed E-state index contributed by atoms with van der Waals surface area (Å²) in [7, 11) is 0.135. The molecule has 3 atom stereocenters. The average Bonchev–Trinajstić information content (AvgIpc) is 2.72. The Bertz CT molecular complexity index is 779. The molecule has 7 heteroatoms. The Hall–Kier alpha value is -1.20. The minimum absolute atomic E-state index is 0.135. The lowest BCUT2D eigenvalue weighted by atomic mass is 9.98. The van der Waals surface area contributed by atoms with E-state index in [1.165, 1.54) is 0 Å². The van der Waals surface area contributed by atoms with Gasteiger partial charge in [0.05, 0.1) is 25.9 Å². The topological polar surface area (TPSA) is 79.2 Å². The molecule has 0 amide bonds. The molecule has 0 bridgehead atoms. The zero-order valence-electron chi connectivity index (χ0n) is 15.8. The lowest BCUT2D eigenvalue weighted by Crippen LogP contribution is -2.45. The van der Waals surface area contributed by atoms with Gasteiger partial charge < -0.3 is 24.8 Å². The molecule has 2 aromatic rings. The van der Waals surface area contributed by atoms with Crippen molar-refractivity contribution < 1.29 is 24.8 Å². The van der Waals surface area contributed by atoms with Gasteiger partial charge >= 0.3 is 0 Å². The van der Waals surface area contributed by atoms with Gasteiger partial charge in [-0.1, -0.05) is 44.4 Å². The summed E-state index contributed by atoms with van der Waals surface area (Å²) >= 11 is 6.41. The maximum Gasteiger partial charge on any atom is 0.131 e. The van der Waals surface area contributed by atoms with E-state index in [-0.39, 0.29) is 21.8 Å². The Morgan fingerprint density at radius 2 is 1.89 bits per heavy atom. The highest BCUT2D eigenvalue weighted by molar-refractivity contribution is 7.40. The molecule has 0 radical (unpaired) electrons. The Labute approximate surface area is 172 Å². The van der Waals surface area contributed by atoms with Crippen LogP contribution in [0.1, 0.15) is 29.7 Å². The highest BCUT2D eigenvalue weighted by atomic mass is 35.5. The van der Waals surface area contributed by atoms with Gasteiger partial charge in [0.1, 0.15) is 17.2 Å². The first-order valence-corrected chi connectivity index (χ1v) is 10.9. The predicted octanol–water partition coefficient (Wildman–Crippen LogP) is 3.12. The van der Waals surface area contributed by atoms with Gasteiger partial charge in [0.15, 0.2) is 0 Å². The average molecular weight is 425 g/mol. The van der Waals surface area contributed by atoms with Crippen LogP contribution in [0.2, 0.25) is 5.02 Å². The highest BCUT2D eigenvalue weighted by Crippen LogP contribution is 2.45. The van der Waals surface area contributed by atoms with Crippen LogP contribution >= 0.6 is 20.2 Å². The van der Waals surface area contributed by atoms with Crippen LogP contribution in [0, 0.1) is 0 Å². The molecule has 152 valence electrons. The second-order valence-corrected chi connectivity index (χ2v) is 8.98. The van der Waals surface area contributed by atoms with E-state index in [1.54, 1.807) is 6.07 Å². The summed E-state index contributed by atoms with van der Waals surface area (Å²) in [6.45, 7) is 2.01. The second kappa shape index (κ2) is 9.53. The molecule has 2 aromatic carbocycles. The van der Waals surface area contributed by atoms with Crippen molar-refractivity contribution in [1.29, 1.82) is 0 Å². The third-order valence-corrected chi connectivity index (χ3v) is 6.94. The van der Waals surface area contributed by atoms with Crippen LogP contribution in [0.5, 0.6) is 5.75 Å². The summed E-state index contributed by atoms with van der Waals surface area (Å²) in [6.07, 6.45) is -0.196. The van der Waals surface area contributed by atoms with Crippen LogP contribution in [0.4, 0.5) is 0 Å². The lowest BCUT2D eigenvalue weighted by Gasteiger charge is -2.41. The molecule has 1 fully saturated rings. The van der Waals surface area contributed by atoms with Crippen molar-refractivity contribution >= 4 is 20.2 Å². The summed E-state index contributed by atoms with van der Waals surface area (Å²) in [5.74, 6) is 0.829. The van der Waals surface area contributed by atoms with Crippen molar-refractivity contribution in [3.05, 3.63) is 64.2 Å². The zero-order chi connectivity index (χ0) is 20.1. The van der Waals surface area contributed by atoms with Crippen LogP contribution in [0.25, 0.3) is 0 Å². The number of ether oxygens (including phenoxy) is 2. The summed E-state index contributed by atoms with van der Waals surface area (Å²) in [6, 6.07) is 13.4. The van der Waals surface area contributed by atoms with E-state index >= 15 is 0 Å². The summed E-state index contributed by atoms with van der Waals surface area (Å²) in [4.78, 5) is 0. The fraction of sp³-hybridized carbons (Fsp3) is 0.429. The molecule has 0 aliphatic carbocycles. The van der Waals surface area contributed by atoms with Crippen molar-refractivity contribution in [2.24, 2.45) is 0 Å². The highest BCUT2D eigenvalue weighted by Gasteiger charge is 2.41. The van der Waals surface area contributed by atoms with E-state index in [9.17, 15) is 15.3 Å². The molecule has 1 aliphatic heterocycles. The lowest BCUT2D eigenvalue weighted by molar-refractivity contribution is -0.134. The molecule has 5 nitrogen and oxygen atoms in total. The molecule has 3 rings (SSSR count). The molecule has 1 saturated heterocycles. The molecule has 28 heavy (non-hydrogen) atoms. The first-order valence-electron chi connectivity index (χ1n) is 9.33. The largest absolute Gasteiger partial charge is 0.494 e. The fourth-order valence-corrected chi connectivity index (χ4v) is 4.70. The summed E-state index contributed by atoms with van der Waals surface area (Å²) in [5, 5.41) is 29.4. The molecule has 0 saturated carbocycles. The number of aliphatic hydroxyl groups is 3. The number of rotatable bonds is 7. The van der Waals surface area contributed by atoms with Gasteiger partial charge in [-0.05, 0) is 54.4 Å². The molecular formula is C21H26ClO5P. The first-order chi connectivity index (χ1) is 13.5. The molecular weight excluding hydrogens is 399 g/mol. The SMILES string of the molecule is CCOc1ccc(Cc2cc(C3OC(CO)(CO)PCC3O)ccc2Cl)cc1. The maximum atomic E-state index is 10.4. The molecule has 1 heterocycles. The van der Waals surface area contributed by atoms with E-state index in [0.717, 1.165) is 22.4 Å². The molecule has 1 aliphatic rings. The van der Waals surface area contributed by atoms with E-state index in [4.69, 9.17) is 21.1 Å². The second-order valence-electron chi connectivity index (χ2n) is 6.90. The van der Waals surface area contributed by atoms with Crippen molar-refractivity contribution in [2.75, 3.05) is 26.0 Å². The Morgan fingerprint density at radius 3 is 2.54 bits per heavy atom. The quantitative estimate of drug-likeness (QED) is 0.595. The normalized spacial score (nSPS) is 22.3. The van der Waals surface area contributed by atoms with Gasteiger partial charge in [0.2, 0.25) is 0 Å². The Kier molecular flexibility index (Phi) is 7.32. The van der Waals surface area contributed by atoms with E-state index in [2.05, 4.69) is 0 Å². The van der Waals surface area contributed by atoms with Crippen molar-refractivity contribution in [1.82, 2.24) is 0 Å². The van der Waals surface area contributed by atoms with Gasteiger partial charge in [-0.15, -0.1) is 0 Å². The molecule has 0 aromatic heterocycles. The maximum absolute atomic E-state index is 10.4. The van der Waals surface area contributed by atoms with Crippen LogP contribution in [0.3, 0.4) is 0 Å². The molecule has 3 unspecified atom stereocenters. The summed E-state index contributed by atoms with van der Waals surface area (Å²) in [5.41, 5.74) is 2.80. The van der Waals surface area contributed by atoms with Crippen LogP contribution in [-0.2, 0) is 11.2 Å². The van der Waals surface area contributed by atoms with Crippen molar-refractivity contribution in [2.45, 2.75) is 30.9 Å². The van der Waals surface area contributed by atoms with Crippen molar-refractivity contribution in [3.63, 3.8) is 0 Å². The van der Waals surface area contributed by atoms with E-state index < -0.39 is 17.6 Å². The van der Waals surface area contributed by atoms with Crippen LogP contribution in [0.15, 0.2) is 42.5 Å².